The minimum absolute atomic E-state index is 0.214. The minimum atomic E-state index is 0.214. The number of rotatable bonds is 2. The molecule has 1 saturated carbocycles. The Hall–Kier alpha value is -1.48. The fraction of sp³-hybridized carbons (Fsp3) is 0.471. The average molecular weight is 305 g/mol. The van der Waals surface area contributed by atoms with Crippen molar-refractivity contribution in [3.8, 4) is 11.1 Å². The maximum atomic E-state index is 6.07. The van der Waals surface area contributed by atoms with Crippen molar-refractivity contribution in [1.29, 1.82) is 0 Å². The summed E-state index contributed by atoms with van der Waals surface area (Å²) in [7, 11) is 0. The largest absolute Gasteiger partial charge is 0.380 e. The van der Waals surface area contributed by atoms with Gasteiger partial charge >= 0.3 is 0 Å². The molecule has 1 heterocycles. The zero-order valence-corrected chi connectivity index (χ0v) is 13.3. The number of nitrogens with zero attached hydrogens (tertiary/aromatic N) is 1. The summed E-state index contributed by atoms with van der Waals surface area (Å²) in [5, 5.41) is 4.74. The Balaban J connectivity index is 2.06. The first kappa shape index (κ1) is 14.5. The van der Waals surface area contributed by atoms with E-state index in [2.05, 4.69) is 19.0 Å². The molecule has 2 aromatic rings. The molecular weight excluding hydrogens is 284 g/mol. The van der Waals surface area contributed by atoms with E-state index in [1.165, 1.54) is 19.3 Å². The van der Waals surface area contributed by atoms with E-state index >= 15 is 0 Å². The second kappa shape index (κ2) is 5.38. The Kier molecular flexibility index (Phi) is 3.70. The minimum Gasteiger partial charge on any atom is -0.380 e. The van der Waals surface area contributed by atoms with Crippen LogP contribution in [0.5, 0.6) is 0 Å². The van der Waals surface area contributed by atoms with Crippen LogP contribution in [0.2, 0.25) is 5.02 Å². The van der Waals surface area contributed by atoms with Crippen LogP contribution in [-0.2, 0) is 0 Å². The van der Waals surface area contributed by atoms with Crippen LogP contribution in [0.4, 0.5) is 5.82 Å². The monoisotopic (exact) mass is 304 g/mol. The third kappa shape index (κ3) is 2.67. The molecule has 1 unspecified atom stereocenters. The molecule has 112 valence electrons. The SMILES string of the molecule is CC1(C)CCCCC1c1onc(N)c1-c1ccc(Cl)cc1. The molecule has 1 atom stereocenters. The Morgan fingerprint density at radius 1 is 1.24 bits per heavy atom. The van der Waals surface area contributed by atoms with Gasteiger partial charge in [-0.3, -0.25) is 0 Å². The van der Waals surface area contributed by atoms with Crippen molar-refractivity contribution >= 4 is 17.4 Å². The average Bonchev–Trinajstić information content (AvgIpc) is 2.81. The highest BCUT2D eigenvalue weighted by atomic mass is 35.5. The number of anilines is 1. The standard InChI is InChI=1S/C17H21ClN2O/c1-17(2)10-4-3-5-13(17)15-14(16(19)20-21-15)11-6-8-12(18)9-7-11/h6-9,13H,3-5,10H2,1-2H3,(H2,19,20). The molecule has 0 bridgehead atoms. The number of nitrogens with two attached hydrogens (primary N) is 1. The predicted octanol–water partition coefficient (Wildman–Crippen LogP) is 5.26. The molecule has 0 spiro atoms. The molecule has 0 radical (unpaired) electrons. The molecule has 21 heavy (non-hydrogen) atoms. The van der Waals surface area contributed by atoms with Crippen molar-refractivity contribution in [1.82, 2.24) is 5.16 Å². The van der Waals surface area contributed by atoms with Gasteiger partial charge < -0.3 is 10.3 Å². The zero-order valence-electron chi connectivity index (χ0n) is 12.5. The maximum absolute atomic E-state index is 6.07. The van der Waals surface area contributed by atoms with Crippen LogP contribution in [0, 0.1) is 5.41 Å². The lowest BCUT2D eigenvalue weighted by Gasteiger charge is -2.37. The summed E-state index contributed by atoms with van der Waals surface area (Å²) in [5.74, 6) is 1.76. The van der Waals surface area contributed by atoms with E-state index in [9.17, 15) is 0 Å². The highest BCUT2D eigenvalue weighted by Gasteiger charge is 2.38. The fourth-order valence-electron chi connectivity index (χ4n) is 3.44. The summed E-state index contributed by atoms with van der Waals surface area (Å²) in [5.41, 5.74) is 8.24. The molecule has 0 amide bonds. The summed E-state index contributed by atoms with van der Waals surface area (Å²) in [6.45, 7) is 4.61. The van der Waals surface area contributed by atoms with Gasteiger partial charge in [-0.05, 0) is 36.0 Å². The molecule has 3 rings (SSSR count). The van der Waals surface area contributed by atoms with E-state index in [4.69, 9.17) is 21.9 Å². The predicted molar refractivity (Wildman–Crippen MR) is 86.4 cm³/mol. The number of hydrogen-bond donors (Lipinski definition) is 1. The topological polar surface area (TPSA) is 52.0 Å². The van der Waals surface area contributed by atoms with Crippen LogP contribution in [0.1, 0.15) is 51.2 Å². The van der Waals surface area contributed by atoms with E-state index in [0.717, 1.165) is 23.3 Å². The van der Waals surface area contributed by atoms with Crippen molar-refractivity contribution in [3.63, 3.8) is 0 Å². The van der Waals surface area contributed by atoms with Crippen LogP contribution in [0.15, 0.2) is 28.8 Å². The van der Waals surface area contributed by atoms with Gasteiger partial charge in [0.25, 0.3) is 0 Å². The lowest BCUT2D eigenvalue weighted by molar-refractivity contribution is 0.169. The van der Waals surface area contributed by atoms with E-state index < -0.39 is 0 Å². The molecule has 1 aliphatic rings. The third-order valence-electron chi connectivity index (χ3n) is 4.70. The lowest BCUT2D eigenvalue weighted by Crippen LogP contribution is -2.26. The molecule has 0 saturated heterocycles. The normalized spacial score (nSPS) is 21.4. The molecule has 1 aliphatic carbocycles. The Labute approximate surface area is 130 Å². The van der Waals surface area contributed by atoms with Gasteiger partial charge in [0.1, 0.15) is 5.76 Å². The van der Waals surface area contributed by atoms with Crippen LogP contribution in [-0.4, -0.2) is 5.16 Å². The van der Waals surface area contributed by atoms with Gasteiger partial charge in [-0.25, -0.2) is 0 Å². The third-order valence-corrected chi connectivity index (χ3v) is 4.95. The van der Waals surface area contributed by atoms with E-state index in [-0.39, 0.29) is 5.41 Å². The van der Waals surface area contributed by atoms with Gasteiger partial charge in [-0.1, -0.05) is 55.6 Å². The Morgan fingerprint density at radius 3 is 2.62 bits per heavy atom. The quantitative estimate of drug-likeness (QED) is 0.823. The van der Waals surface area contributed by atoms with Crippen LogP contribution in [0.25, 0.3) is 11.1 Å². The number of nitrogen functional groups attached to an aromatic ring is 1. The van der Waals surface area contributed by atoms with Crippen molar-refractivity contribution in [2.45, 2.75) is 45.4 Å². The van der Waals surface area contributed by atoms with Crippen molar-refractivity contribution in [3.05, 3.63) is 35.0 Å². The smallest absolute Gasteiger partial charge is 0.175 e. The molecule has 4 heteroatoms. The van der Waals surface area contributed by atoms with Crippen LogP contribution in [0.3, 0.4) is 0 Å². The van der Waals surface area contributed by atoms with Gasteiger partial charge in [0.05, 0.1) is 5.56 Å². The van der Waals surface area contributed by atoms with Crippen molar-refractivity contribution in [2.75, 3.05) is 5.73 Å². The van der Waals surface area contributed by atoms with E-state index in [0.29, 0.717) is 16.8 Å². The number of aromatic nitrogens is 1. The summed E-state index contributed by atoms with van der Waals surface area (Å²) in [4.78, 5) is 0. The molecule has 1 fully saturated rings. The lowest BCUT2D eigenvalue weighted by atomic mass is 9.67. The first-order valence-electron chi connectivity index (χ1n) is 7.50. The highest BCUT2D eigenvalue weighted by Crippen LogP contribution is 2.50. The molecule has 1 aromatic heterocycles. The van der Waals surface area contributed by atoms with Gasteiger partial charge in [-0.15, -0.1) is 0 Å². The second-order valence-corrected chi connectivity index (χ2v) is 7.04. The van der Waals surface area contributed by atoms with E-state index in [1.54, 1.807) is 0 Å². The molecular formula is C17H21ClN2O. The van der Waals surface area contributed by atoms with Gasteiger partial charge in [-0.2, -0.15) is 0 Å². The summed E-state index contributed by atoms with van der Waals surface area (Å²) in [6.07, 6.45) is 4.85. The van der Waals surface area contributed by atoms with Gasteiger partial charge in [0.15, 0.2) is 5.82 Å². The molecule has 0 aliphatic heterocycles. The zero-order chi connectivity index (χ0) is 15.0. The second-order valence-electron chi connectivity index (χ2n) is 6.60. The van der Waals surface area contributed by atoms with Crippen molar-refractivity contribution in [2.24, 2.45) is 5.41 Å². The maximum Gasteiger partial charge on any atom is 0.175 e. The Bertz CT molecular complexity index is 631. The Morgan fingerprint density at radius 2 is 1.95 bits per heavy atom. The molecule has 2 N–H and O–H groups in total. The number of halogens is 1. The van der Waals surface area contributed by atoms with Crippen LogP contribution < -0.4 is 5.73 Å². The van der Waals surface area contributed by atoms with Gasteiger partial charge in [0.2, 0.25) is 0 Å². The van der Waals surface area contributed by atoms with Crippen LogP contribution >= 0.6 is 11.6 Å². The first-order chi connectivity index (χ1) is 9.99. The molecule has 1 aromatic carbocycles. The van der Waals surface area contributed by atoms with Crippen molar-refractivity contribution < 1.29 is 4.52 Å². The number of benzene rings is 1. The summed E-state index contributed by atoms with van der Waals surface area (Å²) < 4.78 is 5.65. The molecule has 3 nitrogen and oxygen atoms in total. The fourth-order valence-corrected chi connectivity index (χ4v) is 3.57. The number of hydrogen-bond acceptors (Lipinski definition) is 3. The van der Waals surface area contributed by atoms with E-state index in [1.807, 2.05) is 24.3 Å². The highest BCUT2D eigenvalue weighted by molar-refractivity contribution is 6.30. The summed E-state index contributed by atoms with van der Waals surface area (Å²) in [6, 6.07) is 7.70. The van der Waals surface area contributed by atoms with Gasteiger partial charge in [0, 0.05) is 10.9 Å². The summed E-state index contributed by atoms with van der Waals surface area (Å²) >= 11 is 5.98. The first-order valence-corrected chi connectivity index (χ1v) is 7.88.